The number of amides is 1. The Balaban J connectivity index is 2.08. The molecule has 0 aromatic heterocycles. The van der Waals surface area contributed by atoms with E-state index in [1.54, 1.807) is 6.07 Å². The van der Waals surface area contributed by atoms with Gasteiger partial charge in [-0.15, -0.1) is 0 Å². The highest BCUT2D eigenvalue weighted by atomic mass is 127. The Labute approximate surface area is 235 Å². The molecule has 3 atom stereocenters. The minimum Gasteiger partial charge on any atom is -0.479 e. The summed E-state index contributed by atoms with van der Waals surface area (Å²) in [5, 5.41) is 22.2. The molecule has 1 aromatic rings. The van der Waals surface area contributed by atoms with E-state index in [9.17, 15) is 24.6 Å². The highest BCUT2D eigenvalue weighted by molar-refractivity contribution is 14.1. The third-order valence-electron chi connectivity index (χ3n) is 5.97. The molecule has 5 N–H and O–H groups in total. The van der Waals surface area contributed by atoms with Crippen LogP contribution in [0, 0.1) is 0 Å². The number of aliphatic hydroxyl groups is 1. The van der Waals surface area contributed by atoms with Crippen LogP contribution in [0.3, 0.4) is 0 Å². The molecule has 12 nitrogen and oxygen atoms in total. The Hall–Kier alpha value is -2.04. The van der Waals surface area contributed by atoms with Crippen molar-refractivity contribution in [3.05, 3.63) is 29.3 Å². The molecule has 3 unspecified atom stereocenters. The second kappa shape index (κ2) is 14.4. The molecule has 1 amide bonds. The number of carboxylic acids is 1. The quantitative estimate of drug-likeness (QED) is 0.132. The van der Waals surface area contributed by atoms with E-state index in [2.05, 4.69) is 5.32 Å². The molecule has 38 heavy (non-hydrogen) atoms. The summed E-state index contributed by atoms with van der Waals surface area (Å²) in [6, 6.07) is 4.65. The lowest BCUT2D eigenvalue weighted by Crippen LogP contribution is -2.42. The van der Waals surface area contributed by atoms with E-state index < -0.39 is 45.6 Å². The van der Waals surface area contributed by atoms with Gasteiger partial charge in [0.25, 0.3) is 5.91 Å². The Bertz CT molecular complexity index is 971. The predicted octanol–water partition coefficient (Wildman–Crippen LogP) is 3.06. The monoisotopic (exact) mass is 652 g/mol. The van der Waals surface area contributed by atoms with E-state index >= 15 is 0 Å². The molecule has 0 radical (unpaired) electrons. The average molecular weight is 652 g/mol. The van der Waals surface area contributed by atoms with Gasteiger partial charge in [0.2, 0.25) is 6.29 Å². The van der Waals surface area contributed by atoms with E-state index in [1.807, 2.05) is 27.7 Å². The SMILES string of the molecule is CC(C)(CCOC(C)(C)CCNC(=O)c1cc(COC(=O)I)ccc1OC1CC(O)CC(C(=O)O)O1)ON. The number of hydrogen-bond donors (Lipinski definition) is 4. The average Bonchev–Trinajstić information content (AvgIpc) is 2.82. The first-order valence-corrected chi connectivity index (χ1v) is 13.3. The van der Waals surface area contributed by atoms with Gasteiger partial charge in [0, 0.05) is 25.8 Å². The number of nitrogens with one attached hydrogen (secondary N) is 1. The number of aliphatic carboxylic acids is 1. The van der Waals surface area contributed by atoms with E-state index in [0.717, 1.165) is 0 Å². The summed E-state index contributed by atoms with van der Waals surface area (Å²) in [6.45, 7) is 8.20. The molecule has 0 saturated carbocycles. The molecule has 1 aliphatic heterocycles. The Morgan fingerprint density at radius 3 is 2.50 bits per heavy atom. The van der Waals surface area contributed by atoms with E-state index in [1.165, 1.54) is 34.7 Å². The van der Waals surface area contributed by atoms with Crippen molar-refractivity contribution < 1.29 is 48.4 Å². The number of halogens is 1. The molecule has 0 aliphatic carbocycles. The summed E-state index contributed by atoms with van der Waals surface area (Å²) in [5.74, 6) is 3.75. The third-order valence-corrected chi connectivity index (χ3v) is 6.28. The second-order valence-electron chi connectivity index (χ2n) is 10.2. The summed E-state index contributed by atoms with van der Waals surface area (Å²) in [7, 11) is 0. The lowest BCUT2D eigenvalue weighted by Gasteiger charge is -2.31. The summed E-state index contributed by atoms with van der Waals surface area (Å²) < 4.78 is 21.7. The fraction of sp³-hybridized carbons (Fsp3) is 0.640. The van der Waals surface area contributed by atoms with Gasteiger partial charge < -0.3 is 34.5 Å². The van der Waals surface area contributed by atoms with Gasteiger partial charge in [-0.2, -0.15) is 0 Å². The first-order chi connectivity index (χ1) is 17.7. The number of ether oxygens (including phenoxy) is 4. The van der Waals surface area contributed by atoms with Crippen molar-refractivity contribution in [1.29, 1.82) is 0 Å². The molecular formula is C25H37IN2O10. The van der Waals surface area contributed by atoms with Gasteiger partial charge in [-0.3, -0.25) is 9.63 Å². The van der Waals surface area contributed by atoms with Crippen molar-refractivity contribution in [3.63, 3.8) is 0 Å². The normalized spacial score (nSPS) is 20.0. The number of aliphatic hydroxyl groups excluding tert-OH is 1. The Morgan fingerprint density at radius 2 is 1.87 bits per heavy atom. The lowest BCUT2D eigenvalue weighted by atomic mass is 10.0. The third kappa shape index (κ3) is 11.0. The molecule has 214 valence electrons. The van der Waals surface area contributed by atoms with Crippen LogP contribution in [0.4, 0.5) is 4.79 Å². The number of rotatable bonds is 14. The largest absolute Gasteiger partial charge is 0.479 e. The van der Waals surface area contributed by atoms with E-state index in [-0.39, 0.29) is 37.3 Å². The van der Waals surface area contributed by atoms with Gasteiger partial charge in [-0.1, -0.05) is 6.07 Å². The zero-order valence-electron chi connectivity index (χ0n) is 22.0. The molecule has 0 spiro atoms. The maximum absolute atomic E-state index is 13.1. The van der Waals surface area contributed by atoms with Gasteiger partial charge in [-0.25, -0.2) is 15.5 Å². The van der Waals surface area contributed by atoms with Crippen LogP contribution in [0.2, 0.25) is 0 Å². The summed E-state index contributed by atoms with van der Waals surface area (Å²) in [6.07, 6.45) is -2.16. The first kappa shape index (κ1) is 32.2. The Morgan fingerprint density at radius 1 is 1.16 bits per heavy atom. The number of nitrogens with two attached hydrogens (primary N) is 1. The molecular weight excluding hydrogens is 615 g/mol. The number of carboxylic acid groups (broad SMARTS) is 1. The molecule has 1 heterocycles. The predicted molar refractivity (Wildman–Crippen MR) is 144 cm³/mol. The Kier molecular flexibility index (Phi) is 12.2. The van der Waals surface area contributed by atoms with Crippen molar-refractivity contribution in [1.82, 2.24) is 5.32 Å². The molecule has 2 rings (SSSR count). The number of carbonyl (C=O) groups is 3. The maximum Gasteiger partial charge on any atom is 0.367 e. The highest BCUT2D eigenvalue weighted by Crippen LogP contribution is 2.27. The highest BCUT2D eigenvalue weighted by Gasteiger charge is 2.34. The standard InChI is InChI=1S/C25H37IN2O10/c1-24(2,35-10-8-25(3,4)38-27)7-9-28-21(30)17-11-15(14-34-23(26)33)5-6-18(17)36-20-13-16(29)12-19(37-20)22(31)32/h5-6,11,16,19-20,29H,7-10,12-14,27H2,1-4H3,(H,28,30)(H,31,32). The van der Waals surface area contributed by atoms with E-state index in [4.69, 9.17) is 29.7 Å². The van der Waals surface area contributed by atoms with Crippen LogP contribution in [-0.2, 0) is 30.4 Å². The zero-order chi connectivity index (χ0) is 28.5. The summed E-state index contributed by atoms with van der Waals surface area (Å²) >= 11 is 1.51. The van der Waals surface area contributed by atoms with Crippen LogP contribution in [0.15, 0.2) is 18.2 Å². The van der Waals surface area contributed by atoms with Crippen LogP contribution < -0.4 is 16.0 Å². The topological polar surface area (TPSA) is 176 Å². The van der Waals surface area contributed by atoms with Crippen LogP contribution in [0.1, 0.15) is 69.3 Å². The van der Waals surface area contributed by atoms with Gasteiger partial charge in [0.15, 0.2) is 6.10 Å². The minimum absolute atomic E-state index is 0.0383. The number of carbonyl (C=O) groups excluding carboxylic acids is 2. The number of hydrogen-bond acceptors (Lipinski definition) is 10. The van der Waals surface area contributed by atoms with Crippen LogP contribution in [0.25, 0.3) is 0 Å². The van der Waals surface area contributed by atoms with Crippen molar-refractivity contribution in [2.45, 2.75) is 89.7 Å². The molecule has 1 fully saturated rings. The smallest absolute Gasteiger partial charge is 0.367 e. The summed E-state index contributed by atoms with van der Waals surface area (Å²) in [4.78, 5) is 40.6. The molecule has 1 aliphatic rings. The van der Waals surface area contributed by atoms with Gasteiger partial charge >= 0.3 is 9.95 Å². The summed E-state index contributed by atoms with van der Waals surface area (Å²) in [5.41, 5.74) is -0.358. The van der Waals surface area contributed by atoms with Crippen molar-refractivity contribution >= 4 is 38.4 Å². The second-order valence-corrected chi connectivity index (χ2v) is 11.1. The maximum atomic E-state index is 13.1. The molecule has 1 saturated heterocycles. The zero-order valence-corrected chi connectivity index (χ0v) is 24.2. The van der Waals surface area contributed by atoms with Gasteiger partial charge in [-0.05, 0) is 51.8 Å². The van der Waals surface area contributed by atoms with Crippen molar-refractivity contribution in [2.24, 2.45) is 5.90 Å². The molecule has 1 aromatic carbocycles. The van der Waals surface area contributed by atoms with Crippen LogP contribution in [0.5, 0.6) is 5.75 Å². The number of benzene rings is 1. The van der Waals surface area contributed by atoms with E-state index in [0.29, 0.717) is 25.0 Å². The minimum atomic E-state index is -1.23. The fourth-order valence-electron chi connectivity index (χ4n) is 3.60. The van der Waals surface area contributed by atoms with Crippen LogP contribution in [-0.4, -0.2) is 68.9 Å². The van der Waals surface area contributed by atoms with Crippen LogP contribution >= 0.6 is 22.6 Å². The molecule has 0 bridgehead atoms. The first-order valence-electron chi connectivity index (χ1n) is 12.2. The fourth-order valence-corrected chi connectivity index (χ4v) is 3.76. The van der Waals surface area contributed by atoms with Crippen molar-refractivity contribution in [3.8, 4) is 5.75 Å². The van der Waals surface area contributed by atoms with Crippen molar-refractivity contribution in [2.75, 3.05) is 13.2 Å². The van der Waals surface area contributed by atoms with Gasteiger partial charge in [0.05, 0.1) is 52.1 Å². The lowest BCUT2D eigenvalue weighted by molar-refractivity contribution is -0.195. The molecule has 13 heteroatoms. The van der Waals surface area contributed by atoms with Gasteiger partial charge in [0.1, 0.15) is 12.4 Å².